The van der Waals surface area contributed by atoms with Gasteiger partial charge in [-0.1, -0.05) is 41.9 Å². The summed E-state index contributed by atoms with van der Waals surface area (Å²) >= 11 is 5.97. The first-order chi connectivity index (χ1) is 8.74. The Morgan fingerprint density at radius 3 is 2.78 bits per heavy atom. The summed E-state index contributed by atoms with van der Waals surface area (Å²) in [4.78, 5) is 12.0. The highest BCUT2D eigenvalue weighted by molar-refractivity contribution is 6.30. The molecule has 90 valence electrons. The Balaban J connectivity index is 1.91. The number of benzene rings is 2. The number of hydrogen-bond acceptors (Lipinski definition) is 1. The van der Waals surface area contributed by atoms with Gasteiger partial charge in [-0.25, -0.2) is 0 Å². The minimum absolute atomic E-state index is 0.0659. The van der Waals surface area contributed by atoms with Gasteiger partial charge in [-0.3, -0.25) is 4.79 Å². The van der Waals surface area contributed by atoms with E-state index in [2.05, 4.69) is 5.32 Å². The molecular weight excluding hydrogens is 246 g/mol. The van der Waals surface area contributed by atoms with Gasteiger partial charge in [-0.05, 0) is 35.7 Å². The van der Waals surface area contributed by atoms with Gasteiger partial charge in [0.1, 0.15) is 0 Å². The van der Waals surface area contributed by atoms with Gasteiger partial charge in [0.2, 0.25) is 5.91 Å². The SMILES string of the molecule is O=C1Nc2ccccc2[C@H]1Cc1cccc(Cl)c1. The van der Waals surface area contributed by atoms with Gasteiger partial charge >= 0.3 is 0 Å². The van der Waals surface area contributed by atoms with Gasteiger partial charge in [0, 0.05) is 10.7 Å². The molecule has 1 heterocycles. The molecule has 0 spiro atoms. The fourth-order valence-electron chi connectivity index (χ4n) is 2.38. The number of halogens is 1. The van der Waals surface area contributed by atoms with E-state index in [4.69, 9.17) is 11.6 Å². The Morgan fingerprint density at radius 1 is 1.11 bits per heavy atom. The predicted molar refractivity (Wildman–Crippen MR) is 73.0 cm³/mol. The van der Waals surface area contributed by atoms with Crippen molar-refractivity contribution >= 4 is 23.2 Å². The Kier molecular flexibility index (Phi) is 2.80. The Morgan fingerprint density at radius 2 is 1.94 bits per heavy atom. The van der Waals surface area contributed by atoms with Crippen molar-refractivity contribution in [2.75, 3.05) is 5.32 Å². The van der Waals surface area contributed by atoms with E-state index in [9.17, 15) is 4.79 Å². The van der Waals surface area contributed by atoms with E-state index in [1.807, 2.05) is 48.5 Å². The van der Waals surface area contributed by atoms with Crippen molar-refractivity contribution in [3.63, 3.8) is 0 Å². The molecule has 1 atom stereocenters. The number of hydrogen-bond donors (Lipinski definition) is 1. The van der Waals surface area contributed by atoms with E-state index >= 15 is 0 Å². The second kappa shape index (κ2) is 4.46. The van der Waals surface area contributed by atoms with Crippen LogP contribution in [0.2, 0.25) is 5.02 Å². The third kappa shape index (κ3) is 2.00. The summed E-state index contributed by atoms with van der Waals surface area (Å²) in [6, 6.07) is 15.5. The molecular formula is C15H12ClNO. The van der Waals surface area contributed by atoms with Crippen molar-refractivity contribution in [3.05, 3.63) is 64.7 Å². The third-order valence-corrected chi connectivity index (χ3v) is 3.47. The average molecular weight is 258 g/mol. The summed E-state index contributed by atoms with van der Waals surface area (Å²) < 4.78 is 0. The molecule has 3 heteroatoms. The van der Waals surface area contributed by atoms with Gasteiger partial charge in [-0.2, -0.15) is 0 Å². The van der Waals surface area contributed by atoms with Gasteiger partial charge in [0.25, 0.3) is 0 Å². The van der Waals surface area contributed by atoms with Crippen LogP contribution in [0.1, 0.15) is 17.0 Å². The number of amides is 1. The Hall–Kier alpha value is -1.80. The summed E-state index contributed by atoms with van der Waals surface area (Å²) in [5.41, 5.74) is 3.08. The van der Waals surface area contributed by atoms with Crippen LogP contribution >= 0.6 is 11.6 Å². The van der Waals surface area contributed by atoms with E-state index in [-0.39, 0.29) is 11.8 Å². The molecule has 1 N–H and O–H groups in total. The molecule has 1 amide bonds. The van der Waals surface area contributed by atoms with Gasteiger partial charge < -0.3 is 5.32 Å². The highest BCUT2D eigenvalue weighted by Gasteiger charge is 2.29. The summed E-state index contributed by atoms with van der Waals surface area (Å²) in [5, 5.41) is 3.62. The van der Waals surface area contributed by atoms with Crippen molar-refractivity contribution < 1.29 is 4.79 Å². The van der Waals surface area contributed by atoms with E-state index in [0.29, 0.717) is 11.4 Å². The van der Waals surface area contributed by atoms with Crippen molar-refractivity contribution in [1.82, 2.24) is 0 Å². The zero-order valence-corrected chi connectivity index (χ0v) is 10.4. The van der Waals surface area contributed by atoms with Crippen LogP contribution in [0.3, 0.4) is 0 Å². The van der Waals surface area contributed by atoms with Crippen LogP contribution in [-0.2, 0) is 11.2 Å². The molecule has 0 fully saturated rings. The molecule has 2 aromatic rings. The third-order valence-electron chi connectivity index (χ3n) is 3.24. The molecule has 1 aliphatic heterocycles. The van der Waals surface area contributed by atoms with Crippen LogP contribution in [0.15, 0.2) is 48.5 Å². The predicted octanol–water partition coefficient (Wildman–Crippen LogP) is 3.62. The molecule has 2 aromatic carbocycles. The molecule has 0 unspecified atom stereocenters. The first kappa shape index (κ1) is 11.3. The fourth-order valence-corrected chi connectivity index (χ4v) is 2.59. The number of nitrogens with one attached hydrogen (secondary N) is 1. The monoisotopic (exact) mass is 257 g/mol. The molecule has 0 aliphatic carbocycles. The first-order valence-corrected chi connectivity index (χ1v) is 6.26. The van der Waals surface area contributed by atoms with Crippen molar-refractivity contribution in [1.29, 1.82) is 0 Å². The highest BCUT2D eigenvalue weighted by Crippen LogP contribution is 2.34. The number of fused-ring (bicyclic) bond motifs is 1. The Bertz CT molecular complexity index is 609. The van der Waals surface area contributed by atoms with E-state index in [1.165, 1.54) is 0 Å². The zero-order chi connectivity index (χ0) is 12.5. The molecule has 0 radical (unpaired) electrons. The van der Waals surface area contributed by atoms with Crippen LogP contribution < -0.4 is 5.32 Å². The smallest absolute Gasteiger partial charge is 0.232 e. The lowest BCUT2D eigenvalue weighted by Gasteiger charge is -2.09. The number of anilines is 1. The van der Waals surface area contributed by atoms with Crippen LogP contribution in [0.4, 0.5) is 5.69 Å². The molecule has 18 heavy (non-hydrogen) atoms. The van der Waals surface area contributed by atoms with E-state index in [1.54, 1.807) is 0 Å². The van der Waals surface area contributed by atoms with E-state index in [0.717, 1.165) is 16.8 Å². The number of carbonyl (C=O) groups excluding carboxylic acids is 1. The number of rotatable bonds is 2. The summed E-state index contributed by atoms with van der Waals surface area (Å²) in [5.74, 6) is -0.0455. The normalized spacial score (nSPS) is 17.4. The standard InChI is InChI=1S/C15H12ClNO/c16-11-5-3-4-10(8-11)9-13-12-6-1-2-7-14(12)17-15(13)18/h1-8,13H,9H2,(H,17,18)/t13-/m1/s1. The van der Waals surface area contributed by atoms with Crippen molar-refractivity contribution in [3.8, 4) is 0 Å². The lowest BCUT2D eigenvalue weighted by atomic mass is 9.93. The van der Waals surface area contributed by atoms with Crippen LogP contribution in [0, 0.1) is 0 Å². The molecule has 0 aromatic heterocycles. The molecule has 2 nitrogen and oxygen atoms in total. The number of carbonyl (C=O) groups is 1. The maximum Gasteiger partial charge on any atom is 0.232 e. The van der Waals surface area contributed by atoms with Gasteiger partial charge in [0.15, 0.2) is 0 Å². The topological polar surface area (TPSA) is 29.1 Å². The first-order valence-electron chi connectivity index (χ1n) is 5.88. The average Bonchev–Trinajstić information content (AvgIpc) is 2.66. The van der Waals surface area contributed by atoms with Crippen molar-refractivity contribution in [2.45, 2.75) is 12.3 Å². The lowest BCUT2D eigenvalue weighted by Crippen LogP contribution is -2.14. The molecule has 0 saturated carbocycles. The molecule has 3 rings (SSSR count). The lowest BCUT2D eigenvalue weighted by molar-refractivity contribution is -0.117. The summed E-state index contributed by atoms with van der Waals surface area (Å²) in [7, 11) is 0. The fraction of sp³-hybridized carbons (Fsp3) is 0.133. The highest BCUT2D eigenvalue weighted by atomic mass is 35.5. The number of para-hydroxylation sites is 1. The maximum atomic E-state index is 12.0. The minimum atomic E-state index is -0.111. The molecule has 0 bridgehead atoms. The quantitative estimate of drug-likeness (QED) is 0.875. The maximum absolute atomic E-state index is 12.0. The van der Waals surface area contributed by atoms with Gasteiger partial charge in [0.05, 0.1) is 5.92 Å². The van der Waals surface area contributed by atoms with Crippen molar-refractivity contribution in [2.24, 2.45) is 0 Å². The second-order valence-corrected chi connectivity index (χ2v) is 4.90. The summed E-state index contributed by atoms with van der Waals surface area (Å²) in [6.07, 6.45) is 0.684. The molecule has 0 saturated heterocycles. The molecule has 1 aliphatic rings. The summed E-state index contributed by atoms with van der Waals surface area (Å²) in [6.45, 7) is 0. The van der Waals surface area contributed by atoms with Crippen LogP contribution in [-0.4, -0.2) is 5.91 Å². The van der Waals surface area contributed by atoms with Crippen LogP contribution in [0.5, 0.6) is 0 Å². The van der Waals surface area contributed by atoms with E-state index < -0.39 is 0 Å². The second-order valence-electron chi connectivity index (χ2n) is 4.46. The van der Waals surface area contributed by atoms with Crippen LogP contribution in [0.25, 0.3) is 0 Å². The van der Waals surface area contributed by atoms with Gasteiger partial charge in [-0.15, -0.1) is 0 Å². The zero-order valence-electron chi connectivity index (χ0n) is 9.69. The largest absolute Gasteiger partial charge is 0.325 e. The minimum Gasteiger partial charge on any atom is -0.325 e. The Labute approximate surface area is 111 Å².